The second-order valence-electron chi connectivity index (χ2n) is 7.33. The third-order valence-electron chi connectivity index (χ3n) is 5.83. The van der Waals surface area contributed by atoms with E-state index >= 15 is 0 Å². The summed E-state index contributed by atoms with van der Waals surface area (Å²) in [6.45, 7) is 3.74. The van der Waals surface area contributed by atoms with Crippen LogP contribution >= 0.6 is 0 Å². The molecule has 0 N–H and O–H groups in total. The van der Waals surface area contributed by atoms with E-state index in [9.17, 15) is 4.79 Å². The zero-order valence-corrected chi connectivity index (χ0v) is 18.7. The SMILES string of the molecule is CCOC(=O)Oc1c(OC)ccc2c1CN1CCc3cc4c(cc3C1C2)[I-]CO4. The van der Waals surface area contributed by atoms with Crippen LogP contribution in [0.3, 0.4) is 0 Å². The number of carbonyl (C=O) groups excluding carboxylic acids is 1. The Bertz CT molecular complexity index is 976. The second-order valence-corrected chi connectivity index (χ2v) is 9.88. The number of benzene rings is 2. The average molecular weight is 508 g/mol. The van der Waals surface area contributed by atoms with Crippen LogP contribution < -0.4 is 35.4 Å². The third kappa shape index (κ3) is 3.34. The van der Waals surface area contributed by atoms with Crippen LogP contribution in [0.25, 0.3) is 0 Å². The summed E-state index contributed by atoms with van der Waals surface area (Å²) in [6.07, 6.45) is 1.21. The van der Waals surface area contributed by atoms with E-state index < -0.39 is 6.16 Å². The number of rotatable bonds is 3. The van der Waals surface area contributed by atoms with E-state index in [0.717, 1.165) is 41.9 Å². The topological polar surface area (TPSA) is 57.2 Å². The summed E-state index contributed by atoms with van der Waals surface area (Å²) in [6, 6.07) is 9.00. The first kappa shape index (κ1) is 19.0. The van der Waals surface area contributed by atoms with Gasteiger partial charge in [0.2, 0.25) is 0 Å². The molecule has 3 heterocycles. The number of hydrogen-bond acceptors (Lipinski definition) is 6. The minimum atomic E-state index is -0.690. The summed E-state index contributed by atoms with van der Waals surface area (Å²) in [7, 11) is 1.59. The fraction of sp³-hybridized carbons (Fsp3) is 0.409. The van der Waals surface area contributed by atoms with Gasteiger partial charge in [0.1, 0.15) is 0 Å². The van der Waals surface area contributed by atoms with Crippen LogP contribution in [-0.2, 0) is 24.1 Å². The number of alkyl halides is 1. The van der Waals surface area contributed by atoms with Crippen molar-refractivity contribution in [3.05, 3.63) is 50.1 Å². The van der Waals surface area contributed by atoms with E-state index in [1.165, 1.54) is 20.3 Å². The minimum absolute atomic E-state index is 0.0284. The molecule has 7 heteroatoms. The number of fused-ring (bicyclic) bond motifs is 5. The van der Waals surface area contributed by atoms with Gasteiger partial charge >= 0.3 is 174 Å². The standard InChI is InChI=1S/C22H23INO5/c1-3-27-22(25)29-21-16-11-24-7-6-14-9-20-17(23-12-28-20)10-15(14)18(24)8-13(16)4-5-19(21)26-2/h4-5,9-10,18H,3,6-8,11-12H2,1-2H3/q-1. The molecule has 2 aromatic rings. The summed E-state index contributed by atoms with van der Waals surface area (Å²) in [4.78, 5) is 14.5. The molecule has 1 atom stereocenters. The summed E-state index contributed by atoms with van der Waals surface area (Å²) < 4.78 is 24.2. The molecule has 3 aliphatic rings. The Morgan fingerprint density at radius 1 is 1.31 bits per heavy atom. The molecule has 5 rings (SSSR count). The van der Waals surface area contributed by atoms with Crippen molar-refractivity contribution >= 4 is 6.16 Å². The van der Waals surface area contributed by atoms with Crippen molar-refractivity contribution in [2.24, 2.45) is 0 Å². The zero-order chi connectivity index (χ0) is 20.0. The van der Waals surface area contributed by atoms with Gasteiger partial charge < -0.3 is 0 Å². The van der Waals surface area contributed by atoms with Crippen molar-refractivity contribution in [1.29, 1.82) is 0 Å². The van der Waals surface area contributed by atoms with Gasteiger partial charge in [0.05, 0.1) is 0 Å². The third-order valence-corrected chi connectivity index (χ3v) is 8.12. The molecule has 0 fully saturated rings. The molecule has 6 nitrogen and oxygen atoms in total. The van der Waals surface area contributed by atoms with Gasteiger partial charge in [0.15, 0.2) is 0 Å². The van der Waals surface area contributed by atoms with Crippen molar-refractivity contribution in [3.8, 4) is 17.2 Å². The van der Waals surface area contributed by atoms with Gasteiger partial charge in [0.25, 0.3) is 0 Å². The summed E-state index contributed by atoms with van der Waals surface area (Å²) in [5, 5.41) is 0. The van der Waals surface area contributed by atoms with Crippen LogP contribution in [0.4, 0.5) is 4.79 Å². The number of carbonyl (C=O) groups is 1. The molecule has 0 bridgehead atoms. The molecule has 0 saturated carbocycles. The average Bonchev–Trinajstić information content (AvgIpc) is 3.19. The van der Waals surface area contributed by atoms with Crippen LogP contribution in [0.2, 0.25) is 0 Å². The van der Waals surface area contributed by atoms with Crippen LogP contribution in [0.1, 0.15) is 35.2 Å². The molecular formula is C22H23INO5-. The van der Waals surface area contributed by atoms with Crippen LogP contribution in [0, 0.1) is 3.57 Å². The monoisotopic (exact) mass is 508 g/mol. The van der Waals surface area contributed by atoms with E-state index in [1.54, 1.807) is 14.0 Å². The first-order valence-electron chi connectivity index (χ1n) is 9.84. The molecular weight excluding hydrogens is 485 g/mol. The predicted molar refractivity (Wildman–Crippen MR) is 102 cm³/mol. The van der Waals surface area contributed by atoms with Crippen molar-refractivity contribution in [2.75, 3.05) is 24.9 Å². The first-order chi connectivity index (χ1) is 14.2. The maximum absolute atomic E-state index is 12.0. The van der Waals surface area contributed by atoms with Gasteiger partial charge in [-0.15, -0.1) is 0 Å². The molecule has 1 unspecified atom stereocenters. The predicted octanol–water partition coefficient (Wildman–Crippen LogP) is 0.495. The quantitative estimate of drug-likeness (QED) is 0.261. The van der Waals surface area contributed by atoms with Crippen molar-refractivity contribution < 1.29 is 44.9 Å². The van der Waals surface area contributed by atoms with E-state index in [-0.39, 0.29) is 27.8 Å². The maximum atomic E-state index is 12.0. The molecule has 0 saturated heterocycles. The van der Waals surface area contributed by atoms with E-state index in [4.69, 9.17) is 18.9 Å². The second kappa shape index (κ2) is 7.68. The van der Waals surface area contributed by atoms with E-state index in [2.05, 4.69) is 23.1 Å². The van der Waals surface area contributed by atoms with Gasteiger partial charge in [-0.05, 0) is 6.92 Å². The molecule has 154 valence electrons. The normalized spacial score (nSPS) is 19.6. The molecule has 0 spiro atoms. The Morgan fingerprint density at radius 2 is 2.21 bits per heavy atom. The van der Waals surface area contributed by atoms with E-state index in [0.29, 0.717) is 17.5 Å². The molecule has 0 aromatic heterocycles. The Kier molecular flexibility index (Phi) is 5.03. The first-order valence-corrected chi connectivity index (χ1v) is 12.4. The van der Waals surface area contributed by atoms with Gasteiger partial charge in [-0.2, -0.15) is 0 Å². The molecule has 2 aromatic carbocycles. The Labute approximate surface area is 180 Å². The van der Waals surface area contributed by atoms with Gasteiger partial charge in [0, 0.05) is 0 Å². The van der Waals surface area contributed by atoms with Crippen molar-refractivity contribution in [1.82, 2.24) is 4.90 Å². The van der Waals surface area contributed by atoms with Crippen LogP contribution in [0.15, 0.2) is 24.3 Å². The van der Waals surface area contributed by atoms with Gasteiger partial charge in [-0.3, -0.25) is 0 Å². The molecule has 0 aliphatic carbocycles. The van der Waals surface area contributed by atoms with Crippen LogP contribution in [0.5, 0.6) is 17.2 Å². The Morgan fingerprint density at radius 3 is 3.03 bits per heavy atom. The Balaban J connectivity index is 1.51. The molecule has 0 radical (unpaired) electrons. The van der Waals surface area contributed by atoms with Crippen molar-refractivity contribution in [2.45, 2.75) is 32.4 Å². The number of hydrogen-bond donors (Lipinski definition) is 0. The van der Waals surface area contributed by atoms with Gasteiger partial charge in [-0.25, -0.2) is 0 Å². The summed E-state index contributed by atoms with van der Waals surface area (Å²) >= 11 is -0.0284. The Hall–Kier alpha value is -2.00. The number of nitrogens with zero attached hydrogens (tertiary/aromatic N) is 1. The van der Waals surface area contributed by atoms with Gasteiger partial charge in [-0.1, -0.05) is 0 Å². The number of ether oxygens (including phenoxy) is 4. The van der Waals surface area contributed by atoms with Crippen molar-refractivity contribution in [3.63, 3.8) is 0 Å². The number of methoxy groups -OCH3 is 1. The fourth-order valence-corrected chi connectivity index (χ4v) is 6.54. The summed E-state index contributed by atoms with van der Waals surface area (Å²) in [5.74, 6) is 2.16. The molecule has 0 amide bonds. The van der Waals surface area contributed by atoms with Crippen LogP contribution in [-0.4, -0.2) is 35.9 Å². The summed E-state index contributed by atoms with van der Waals surface area (Å²) in [5.41, 5.74) is 5.07. The van der Waals surface area contributed by atoms with E-state index in [1.807, 2.05) is 6.07 Å². The molecule has 3 aliphatic heterocycles. The number of halogens is 1. The zero-order valence-electron chi connectivity index (χ0n) is 16.5. The molecule has 29 heavy (non-hydrogen) atoms. The fourth-order valence-electron chi connectivity index (χ4n) is 4.47.